The van der Waals surface area contributed by atoms with Crippen molar-refractivity contribution in [3.05, 3.63) is 88.4 Å². The highest BCUT2D eigenvalue weighted by atomic mass is 35.5. The normalized spacial score (nSPS) is 13.1. The molecule has 0 fully saturated rings. The smallest absolute Gasteiger partial charge is 0.338 e. The molecule has 1 heterocycles. The largest absolute Gasteiger partial charge is 0.449 e. The van der Waals surface area contributed by atoms with Gasteiger partial charge in [0.15, 0.2) is 6.10 Å². The number of amides is 4. The highest BCUT2D eigenvalue weighted by Gasteiger charge is 2.38. The number of nitrogens with one attached hydrogen (secondary N) is 2. The number of esters is 1. The zero-order valence-corrected chi connectivity index (χ0v) is 20.0. The number of rotatable bonds is 6. The Hall–Kier alpha value is -4.50. The molecule has 2 N–H and O–H groups in total. The monoisotopic (exact) mass is 505 g/mol. The Kier molecular flexibility index (Phi) is 6.84. The van der Waals surface area contributed by atoms with Crippen molar-refractivity contribution in [1.29, 1.82) is 0 Å². The molecule has 1 aliphatic heterocycles. The van der Waals surface area contributed by atoms with Crippen molar-refractivity contribution >= 4 is 58.3 Å². The Balaban J connectivity index is 1.44. The minimum Gasteiger partial charge on any atom is -0.449 e. The minimum absolute atomic E-state index is 0.00946. The second kappa shape index (κ2) is 10.0. The summed E-state index contributed by atoms with van der Waals surface area (Å²) in [5.74, 6) is -2.81. The fourth-order valence-corrected chi connectivity index (χ4v) is 3.81. The lowest BCUT2D eigenvalue weighted by Gasteiger charge is -2.15. The van der Waals surface area contributed by atoms with E-state index in [0.717, 1.165) is 4.90 Å². The topological polar surface area (TPSA) is 122 Å². The van der Waals surface area contributed by atoms with Gasteiger partial charge in [-0.15, -0.1) is 0 Å². The number of hydrogen-bond donors (Lipinski definition) is 2. The summed E-state index contributed by atoms with van der Waals surface area (Å²) in [6.07, 6.45) is -1.15. The molecule has 0 aromatic heterocycles. The van der Waals surface area contributed by atoms with Crippen LogP contribution in [0.4, 0.5) is 17.1 Å². The summed E-state index contributed by atoms with van der Waals surface area (Å²) in [5, 5.41) is 5.46. The quantitative estimate of drug-likeness (QED) is 0.381. The molecule has 3 aromatic carbocycles. The number of imide groups is 1. The third-order valence-corrected chi connectivity index (χ3v) is 5.66. The van der Waals surface area contributed by atoms with Crippen LogP contribution in [0.15, 0.2) is 66.7 Å². The number of anilines is 3. The average Bonchev–Trinajstić information content (AvgIpc) is 3.09. The van der Waals surface area contributed by atoms with E-state index in [-0.39, 0.29) is 33.3 Å². The van der Waals surface area contributed by atoms with Crippen LogP contribution in [0.3, 0.4) is 0 Å². The van der Waals surface area contributed by atoms with Crippen LogP contribution in [0, 0.1) is 0 Å². The molecule has 0 bridgehead atoms. The second-order valence-corrected chi connectivity index (χ2v) is 8.36. The zero-order chi connectivity index (χ0) is 26.0. The van der Waals surface area contributed by atoms with E-state index in [2.05, 4.69) is 10.6 Å². The first-order chi connectivity index (χ1) is 17.2. The van der Waals surface area contributed by atoms with E-state index in [1.807, 2.05) is 0 Å². The molecule has 0 aliphatic carbocycles. The number of nitrogens with zero attached hydrogens (tertiary/aromatic N) is 1. The van der Waals surface area contributed by atoms with E-state index in [9.17, 15) is 24.0 Å². The lowest BCUT2D eigenvalue weighted by molar-refractivity contribution is -0.123. The molecule has 1 aliphatic rings. The molecule has 3 aromatic rings. The fourth-order valence-electron chi connectivity index (χ4n) is 3.59. The molecular weight excluding hydrogens is 486 g/mol. The predicted octanol–water partition coefficient (Wildman–Crippen LogP) is 4.28. The molecule has 4 amide bonds. The number of halogens is 1. The standard InChI is InChI=1S/C26H20ClN3O6/c1-14(23(32)29-18-10-8-17(9-11-18)28-15(2)31)36-26(35)16-7-12-19-20(13-16)25(34)30(24(19)33)22-6-4-3-5-21(22)27/h3-14H,1-2H3,(H,28,31)(H,29,32). The molecule has 1 unspecified atom stereocenters. The second-order valence-electron chi connectivity index (χ2n) is 7.95. The van der Waals surface area contributed by atoms with Gasteiger partial charge in [-0.25, -0.2) is 9.69 Å². The number of carbonyl (C=O) groups is 5. The summed E-state index contributed by atoms with van der Waals surface area (Å²) in [6.45, 7) is 2.79. The van der Waals surface area contributed by atoms with Gasteiger partial charge in [0.1, 0.15) is 0 Å². The van der Waals surface area contributed by atoms with E-state index in [4.69, 9.17) is 16.3 Å². The van der Waals surface area contributed by atoms with E-state index in [1.54, 1.807) is 48.5 Å². The van der Waals surface area contributed by atoms with Crippen LogP contribution < -0.4 is 15.5 Å². The Morgan fingerprint density at radius 2 is 1.47 bits per heavy atom. The third-order valence-electron chi connectivity index (χ3n) is 5.34. The summed E-state index contributed by atoms with van der Waals surface area (Å²) in [4.78, 5) is 63.0. The lowest BCUT2D eigenvalue weighted by Crippen LogP contribution is -2.30. The highest BCUT2D eigenvalue weighted by Crippen LogP contribution is 2.33. The van der Waals surface area contributed by atoms with Crippen LogP contribution in [0.5, 0.6) is 0 Å². The lowest BCUT2D eigenvalue weighted by atomic mass is 10.1. The maximum absolute atomic E-state index is 13.0. The third kappa shape index (κ3) is 4.96. The molecule has 0 saturated carbocycles. The zero-order valence-electron chi connectivity index (χ0n) is 19.2. The van der Waals surface area contributed by atoms with Crippen molar-refractivity contribution < 1.29 is 28.7 Å². The molecule has 9 nitrogen and oxygen atoms in total. The SMILES string of the molecule is CC(=O)Nc1ccc(NC(=O)C(C)OC(=O)c2ccc3c(c2)C(=O)N(c2ccccc2Cl)C3=O)cc1. The number of carbonyl (C=O) groups excluding carboxylic acids is 5. The molecule has 36 heavy (non-hydrogen) atoms. The van der Waals surface area contributed by atoms with Gasteiger partial charge in [0.05, 0.1) is 27.4 Å². The Bertz CT molecular complexity index is 1400. The Morgan fingerprint density at radius 3 is 2.11 bits per heavy atom. The molecule has 4 rings (SSSR count). The first-order valence-corrected chi connectivity index (χ1v) is 11.2. The number of benzene rings is 3. The molecule has 10 heteroatoms. The van der Waals surface area contributed by atoms with Gasteiger partial charge in [-0.3, -0.25) is 19.2 Å². The Labute approximate surface area is 211 Å². The van der Waals surface area contributed by atoms with Gasteiger partial charge in [-0.2, -0.15) is 0 Å². The van der Waals surface area contributed by atoms with E-state index < -0.39 is 29.8 Å². The van der Waals surface area contributed by atoms with Gasteiger partial charge < -0.3 is 15.4 Å². The van der Waals surface area contributed by atoms with Crippen molar-refractivity contribution in [2.45, 2.75) is 20.0 Å². The summed E-state index contributed by atoms with van der Waals surface area (Å²) in [5.41, 5.74) is 1.42. The van der Waals surface area contributed by atoms with Crippen molar-refractivity contribution in [1.82, 2.24) is 0 Å². The number of ether oxygens (including phenoxy) is 1. The van der Waals surface area contributed by atoms with E-state index >= 15 is 0 Å². The van der Waals surface area contributed by atoms with Crippen molar-refractivity contribution in [2.75, 3.05) is 15.5 Å². The maximum Gasteiger partial charge on any atom is 0.338 e. The fraction of sp³-hybridized carbons (Fsp3) is 0.115. The first-order valence-electron chi connectivity index (χ1n) is 10.8. The molecule has 1 atom stereocenters. The van der Waals surface area contributed by atoms with Crippen LogP contribution in [0.2, 0.25) is 5.02 Å². The average molecular weight is 506 g/mol. The molecule has 0 spiro atoms. The van der Waals surface area contributed by atoms with Crippen LogP contribution in [-0.4, -0.2) is 35.7 Å². The highest BCUT2D eigenvalue weighted by molar-refractivity contribution is 6.39. The molecule has 0 radical (unpaired) electrons. The molecular formula is C26H20ClN3O6. The van der Waals surface area contributed by atoms with Crippen LogP contribution >= 0.6 is 11.6 Å². The van der Waals surface area contributed by atoms with Gasteiger partial charge in [0.2, 0.25) is 5.91 Å². The van der Waals surface area contributed by atoms with Gasteiger partial charge in [0, 0.05) is 18.3 Å². The van der Waals surface area contributed by atoms with Gasteiger partial charge >= 0.3 is 5.97 Å². The van der Waals surface area contributed by atoms with Crippen molar-refractivity contribution in [2.24, 2.45) is 0 Å². The van der Waals surface area contributed by atoms with Gasteiger partial charge in [-0.05, 0) is 61.5 Å². The maximum atomic E-state index is 13.0. The summed E-state index contributed by atoms with van der Waals surface area (Å²) < 4.78 is 5.26. The van der Waals surface area contributed by atoms with Crippen LogP contribution in [0.1, 0.15) is 44.9 Å². The van der Waals surface area contributed by atoms with Crippen molar-refractivity contribution in [3.63, 3.8) is 0 Å². The van der Waals surface area contributed by atoms with E-state index in [0.29, 0.717) is 11.4 Å². The summed E-state index contributed by atoms with van der Waals surface area (Å²) >= 11 is 6.16. The predicted molar refractivity (Wildman–Crippen MR) is 133 cm³/mol. The summed E-state index contributed by atoms with van der Waals surface area (Å²) in [6, 6.07) is 16.8. The Morgan fingerprint density at radius 1 is 0.861 bits per heavy atom. The van der Waals surface area contributed by atoms with Crippen molar-refractivity contribution in [3.8, 4) is 0 Å². The summed E-state index contributed by atoms with van der Waals surface area (Å²) in [7, 11) is 0. The molecule has 182 valence electrons. The minimum atomic E-state index is -1.15. The number of hydrogen-bond acceptors (Lipinski definition) is 6. The first kappa shape index (κ1) is 24.6. The number of para-hydroxylation sites is 1. The van der Waals surface area contributed by atoms with Crippen LogP contribution in [0.25, 0.3) is 0 Å². The van der Waals surface area contributed by atoms with Crippen LogP contribution in [-0.2, 0) is 14.3 Å². The molecule has 0 saturated heterocycles. The van der Waals surface area contributed by atoms with E-state index in [1.165, 1.54) is 32.0 Å². The van der Waals surface area contributed by atoms with Gasteiger partial charge in [0.25, 0.3) is 17.7 Å². The van der Waals surface area contributed by atoms with Gasteiger partial charge in [-0.1, -0.05) is 23.7 Å². The number of fused-ring (bicyclic) bond motifs is 1.